The lowest BCUT2D eigenvalue weighted by Crippen LogP contribution is -2.33. The lowest BCUT2D eigenvalue weighted by Gasteiger charge is -2.11. The summed E-state index contributed by atoms with van der Waals surface area (Å²) in [6.45, 7) is 1.94. The maximum atomic E-state index is 11.5. The van der Waals surface area contributed by atoms with Gasteiger partial charge in [-0.15, -0.1) is 0 Å². The number of aromatic nitrogens is 1. The molecule has 0 spiro atoms. The normalized spacial score (nSPS) is 12.1. The van der Waals surface area contributed by atoms with E-state index >= 15 is 0 Å². The van der Waals surface area contributed by atoms with Crippen molar-refractivity contribution in [3.63, 3.8) is 0 Å². The summed E-state index contributed by atoms with van der Waals surface area (Å²) >= 11 is 0. The molecule has 0 radical (unpaired) electrons. The molecule has 0 aliphatic carbocycles. The Hall–Kier alpha value is -1.42. The van der Waals surface area contributed by atoms with E-state index in [9.17, 15) is 4.79 Å². The number of carbonyl (C=O) groups excluding carboxylic acids is 1. The van der Waals surface area contributed by atoms with Crippen LogP contribution in [-0.2, 0) is 0 Å². The van der Waals surface area contributed by atoms with Crippen molar-refractivity contribution >= 4 is 5.91 Å². The molecule has 1 atom stereocenters. The molecule has 76 valence electrons. The highest BCUT2D eigenvalue weighted by Crippen LogP contribution is 1.98. The number of aliphatic hydroxyl groups is 1. The standard InChI is InChI=1S/C10H14N2O2/c1-8(4-7-13)12-10(14)9-2-5-11-6-3-9/h2-3,5-6,8,13H,4,7H2,1H3,(H,12,14). The summed E-state index contributed by atoms with van der Waals surface area (Å²) < 4.78 is 0. The molecule has 0 fully saturated rings. The Labute approximate surface area is 83.0 Å². The summed E-state index contributed by atoms with van der Waals surface area (Å²) in [5, 5.41) is 11.4. The molecule has 0 aromatic carbocycles. The molecule has 0 saturated carbocycles. The third-order valence-electron chi connectivity index (χ3n) is 1.88. The fourth-order valence-corrected chi connectivity index (χ4v) is 1.08. The van der Waals surface area contributed by atoms with E-state index in [0.717, 1.165) is 0 Å². The molecule has 1 heterocycles. The first kappa shape index (κ1) is 10.7. The zero-order valence-electron chi connectivity index (χ0n) is 8.10. The van der Waals surface area contributed by atoms with Crippen LogP contribution in [0.1, 0.15) is 23.7 Å². The van der Waals surface area contributed by atoms with Gasteiger partial charge in [0.25, 0.3) is 5.91 Å². The molecule has 14 heavy (non-hydrogen) atoms. The van der Waals surface area contributed by atoms with Gasteiger partial charge in [-0.3, -0.25) is 9.78 Å². The lowest BCUT2D eigenvalue weighted by atomic mass is 10.2. The Bertz CT molecular complexity index is 287. The lowest BCUT2D eigenvalue weighted by molar-refractivity contribution is 0.0934. The highest BCUT2D eigenvalue weighted by molar-refractivity contribution is 5.94. The minimum absolute atomic E-state index is 0.0133. The average molecular weight is 194 g/mol. The third kappa shape index (κ3) is 3.14. The number of amides is 1. The van der Waals surface area contributed by atoms with Gasteiger partial charge < -0.3 is 10.4 Å². The quantitative estimate of drug-likeness (QED) is 0.737. The number of hydrogen-bond donors (Lipinski definition) is 2. The molecule has 2 N–H and O–H groups in total. The van der Waals surface area contributed by atoms with E-state index in [1.54, 1.807) is 24.5 Å². The van der Waals surface area contributed by atoms with Crippen molar-refractivity contribution in [3.8, 4) is 0 Å². The second kappa shape index (κ2) is 5.34. The van der Waals surface area contributed by atoms with Crippen molar-refractivity contribution in [1.29, 1.82) is 0 Å². The van der Waals surface area contributed by atoms with E-state index < -0.39 is 0 Å². The largest absolute Gasteiger partial charge is 0.396 e. The molecule has 1 aromatic rings. The number of pyridine rings is 1. The first-order valence-electron chi connectivity index (χ1n) is 4.56. The van der Waals surface area contributed by atoms with Gasteiger partial charge in [-0.25, -0.2) is 0 Å². The Kier molecular flexibility index (Phi) is 4.07. The minimum Gasteiger partial charge on any atom is -0.396 e. The number of hydrogen-bond acceptors (Lipinski definition) is 3. The van der Waals surface area contributed by atoms with Gasteiger partial charge >= 0.3 is 0 Å². The molecule has 0 aliphatic heterocycles. The molecule has 4 nitrogen and oxygen atoms in total. The monoisotopic (exact) mass is 194 g/mol. The Morgan fingerprint density at radius 1 is 1.57 bits per heavy atom. The summed E-state index contributed by atoms with van der Waals surface area (Å²) in [6, 6.07) is 3.29. The number of nitrogens with one attached hydrogen (secondary N) is 1. The van der Waals surface area contributed by atoms with Crippen molar-refractivity contribution in [1.82, 2.24) is 10.3 Å². The van der Waals surface area contributed by atoms with E-state index in [4.69, 9.17) is 5.11 Å². The molecule has 1 aromatic heterocycles. The van der Waals surface area contributed by atoms with Gasteiger partial charge in [0.15, 0.2) is 0 Å². The van der Waals surface area contributed by atoms with Crippen molar-refractivity contribution in [2.24, 2.45) is 0 Å². The molecule has 0 aliphatic rings. The predicted molar refractivity (Wildman–Crippen MR) is 52.9 cm³/mol. The predicted octanol–water partition coefficient (Wildman–Crippen LogP) is 0.582. The summed E-state index contributed by atoms with van der Waals surface area (Å²) in [5.74, 6) is -0.131. The first-order valence-corrected chi connectivity index (χ1v) is 4.56. The SMILES string of the molecule is CC(CCO)NC(=O)c1ccncc1. The zero-order valence-corrected chi connectivity index (χ0v) is 8.10. The summed E-state index contributed by atoms with van der Waals surface area (Å²) in [7, 11) is 0. The molecule has 1 amide bonds. The van der Waals surface area contributed by atoms with E-state index in [0.29, 0.717) is 12.0 Å². The fraction of sp³-hybridized carbons (Fsp3) is 0.400. The minimum atomic E-state index is -0.131. The molecule has 1 rings (SSSR count). The number of carbonyl (C=O) groups is 1. The van der Waals surface area contributed by atoms with Crippen LogP contribution in [0.15, 0.2) is 24.5 Å². The van der Waals surface area contributed by atoms with Gasteiger partial charge in [-0.05, 0) is 25.5 Å². The van der Waals surface area contributed by atoms with Crippen LogP contribution in [0.3, 0.4) is 0 Å². The number of aliphatic hydroxyl groups excluding tert-OH is 1. The number of nitrogens with zero attached hydrogens (tertiary/aromatic N) is 1. The van der Waals surface area contributed by atoms with Gasteiger partial charge in [0.2, 0.25) is 0 Å². The van der Waals surface area contributed by atoms with Gasteiger partial charge in [-0.2, -0.15) is 0 Å². The number of rotatable bonds is 4. The Morgan fingerprint density at radius 2 is 2.21 bits per heavy atom. The zero-order chi connectivity index (χ0) is 10.4. The van der Waals surface area contributed by atoms with E-state index in [1.807, 2.05) is 6.92 Å². The fourth-order valence-electron chi connectivity index (χ4n) is 1.08. The van der Waals surface area contributed by atoms with Crippen molar-refractivity contribution in [3.05, 3.63) is 30.1 Å². The molecule has 0 bridgehead atoms. The van der Waals surface area contributed by atoms with Crippen molar-refractivity contribution < 1.29 is 9.90 Å². The molecule has 0 saturated heterocycles. The Morgan fingerprint density at radius 3 is 2.79 bits per heavy atom. The second-order valence-electron chi connectivity index (χ2n) is 3.12. The van der Waals surface area contributed by atoms with Gasteiger partial charge in [0.1, 0.15) is 0 Å². The maximum absolute atomic E-state index is 11.5. The first-order chi connectivity index (χ1) is 6.74. The van der Waals surface area contributed by atoms with Crippen LogP contribution >= 0.6 is 0 Å². The van der Waals surface area contributed by atoms with Crippen LogP contribution in [0.2, 0.25) is 0 Å². The van der Waals surface area contributed by atoms with Crippen molar-refractivity contribution in [2.75, 3.05) is 6.61 Å². The van der Waals surface area contributed by atoms with Crippen molar-refractivity contribution in [2.45, 2.75) is 19.4 Å². The van der Waals surface area contributed by atoms with E-state index in [-0.39, 0.29) is 18.6 Å². The van der Waals surface area contributed by atoms with Crippen LogP contribution in [-0.4, -0.2) is 28.6 Å². The van der Waals surface area contributed by atoms with Crippen LogP contribution in [0.25, 0.3) is 0 Å². The topological polar surface area (TPSA) is 62.2 Å². The molecular weight excluding hydrogens is 180 g/mol. The molecule has 4 heteroatoms. The van der Waals surface area contributed by atoms with Crippen LogP contribution < -0.4 is 5.32 Å². The second-order valence-corrected chi connectivity index (χ2v) is 3.12. The molecule has 1 unspecified atom stereocenters. The highest BCUT2D eigenvalue weighted by Gasteiger charge is 2.08. The summed E-state index contributed by atoms with van der Waals surface area (Å²) in [6.07, 6.45) is 3.72. The average Bonchev–Trinajstić information content (AvgIpc) is 2.19. The van der Waals surface area contributed by atoms with Gasteiger partial charge in [0, 0.05) is 30.6 Å². The van der Waals surface area contributed by atoms with E-state index in [1.165, 1.54) is 0 Å². The smallest absolute Gasteiger partial charge is 0.251 e. The van der Waals surface area contributed by atoms with Crippen LogP contribution in [0.4, 0.5) is 0 Å². The van der Waals surface area contributed by atoms with Gasteiger partial charge in [0.05, 0.1) is 0 Å². The van der Waals surface area contributed by atoms with Gasteiger partial charge in [-0.1, -0.05) is 0 Å². The third-order valence-corrected chi connectivity index (χ3v) is 1.88. The summed E-state index contributed by atoms with van der Waals surface area (Å²) in [4.78, 5) is 15.3. The molecular formula is C10H14N2O2. The van der Waals surface area contributed by atoms with Crippen LogP contribution in [0, 0.1) is 0 Å². The van der Waals surface area contributed by atoms with Crippen LogP contribution in [0.5, 0.6) is 0 Å². The maximum Gasteiger partial charge on any atom is 0.251 e. The summed E-state index contributed by atoms with van der Waals surface area (Å²) in [5.41, 5.74) is 0.588. The Balaban J connectivity index is 2.51. The highest BCUT2D eigenvalue weighted by atomic mass is 16.3. The van der Waals surface area contributed by atoms with E-state index in [2.05, 4.69) is 10.3 Å².